The van der Waals surface area contributed by atoms with Crippen LogP contribution in [0.4, 0.5) is 10.2 Å². The Bertz CT molecular complexity index is 916. The molecule has 0 atom stereocenters. The van der Waals surface area contributed by atoms with Crippen LogP contribution < -0.4 is 10.6 Å². The predicted octanol–water partition coefficient (Wildman–Crippen LogP) is 2.02. The van der Waals surface area contributed by atoms with E-state index < -0.39 is 11.7 Å². The highest BCUT2D eigenvalue weighted by Crippen LogP contribution is 2.19. The van der Waals surface area contributed by atoms with Crippen molar-refractivity contribution in [3.8, 4) is 0 Å². The summed E-state index contributed by atoms with van der Waals surface area (Å²) in [6, 6.07) is 2.46. The van der Waals surface area contributed by atoms with Crippen LogP contribution in [0.25, 0.3) is 11.0 Å². The van der Waals surface area contributed by atoms with Gasteiger partial charge in [-0.3, -0.25) is 9.78 Å². The molecule has 3 rings (SSSR count). The Labute approximate surface area is 143 Å². The quantitative estimate of drug-likeness (QED) is 0.690. The van der Waals surface area contributed by atoms with Gasteiger partial charge in [0.2, 0.25) is 0 Å². The van der Waals surface area contributed by atoms with Crippen LogP contribution in [-0.4, -0.2) is 38.9 Å². The molecule has 0 radical (unpaired) electrons. The van der Waals surface area contributed by atoms with Gasteiger partial charge in [0, 0.05) is 31.5 Å². The summed E-state index contributed by atoms with van der Waals surface area (Å²) in [7, 11) is 0. The number of hydrogen-bond acceptors (Lipinski definition) is 6. The highest BCUT2D eigenvalue weighted by molar-refractivity contribution is 6.04. The molecule has 0 aliphatic heterocycles. The first-order valence-corrected chi connectivity index (χ1v) is 7.77. The third kappa shape index (κ3) is 3.85. The number of hydrogen-bond donors (Lipinski definition) is 2. The summed E-state index contributed by atoms with van der Waals surface area (Å²) in [5.41, 5.74) is 2.34. The molecule has 0 saturated heterocycles. The molecular formula is C17H17FN6O. The molecule has 7 nitrogen and oxygen atoms in total. The normalized spacial score (nSPS) is 10.7. The number of benzene rings is 1. The monoisotopic (exact) mass is 340 g/mol. The summed E-state index contributed by atoms with van der Waals surface area (Å²) in [5.74, 6) is -0.305. The minimum Gasteiger partial charge on any atom is -0.367 e. The van der Waals surface area contributed by atoms with Crippen LogP contribution in [0, 0.1) is 19.7 Å². The number of rotatable bonds is 5. The smallest absolute Gasteiger partial charge is 0.253 e. The second-order valence-corrected chi connectivity index (χ2v) is 5.49. The summed E-state index contributed by atoms with van der Waals surface area (Å²) in [5, 5.41) is 5.76. The first-order chi connectivity index (χ1) is 12.0. The van der Waals surface area contributed by atoms with E-state index in [0.717, 1.165) is 0 Å². The third-order valence-corrected chi connectivity index (χ3v) is 3.67. The van der Waals surface area contributed by atoms with Crippen molar-refractivity contribution in [3.63, 3.8) is 0 Å². The molecule has 0 saturated carbocycles. The van der Waals surface area contributed by atoms with Gasteiger partial charge in [-0.05, 0) is 19.9 Å². The second-order valence-electron chi connectivity index (χ2n) is 5.49. The van der Waals surface area contributed by atoms with Gasteiger partial charge in [-0.2, -0.15) is 0 Å². The molecule has 25 heavy (non-hydrogen) atoms. The number of aromatic nitrogens is 4. The van der Waals surface area contributed by atoms with Gasteiger partial charge in [0.15, 0.2) is 0 Å². The fourth-order valence-electron chi connectivity index (χ4n) is 2.32. The highest BCUT2D eigenvalue weighted by atomic mass is 19.1. The maximum atomic E-state index is 13.8. The molecule has 0 spiro atoms. The number of aryl methyl sites for hydroxylation is 2. The van der Waals surface area contributed by atoms with Crippen LogP contribution in [0.5, 0.6) is 0 Å². The summed E-state index contributed by atoms with van der Waals surface area (Å²) in [4.78, 5) is 29.1. The number of anilines is 1. The van der Waals surface area contributed by atoms with E-state index in [-0.39, 0.29) is 5.56 Å². The Balaban J connectivity index is 1.72. The summed E-state index contributed by atoms with van der Waals surface area (Å²) in [6.07, 6.45) is 4.73. The molecule has 1 amide bonds. The number of carbonyl (C=O) groups excluding carboxylic acids is 1. The lowest BCUT2D eigenvalue weighted by molar-refractivity contribution is 0.0956. The van der Waals surface area contributed by atoms with Crippen molar-refractivity contribution in [2.75, 3.05) is 18.4 Å². The van der Waals surface area contributed by atoms with Crippen LogP contribution in [0.15, 0.2) is 30.7 Å². The van der Waals surface area contributed by atoms with E-state index in [2.05, 4.69) is 30.6 Å². The molecule has 128 valence electrons. The van der Waals surface area contributed by atoms with E-state index >= 15 is 0 Å². The van der Waals surface area contributed by atoms with Gasteiger partial charge in [0.1, 0.15) is 17.2 Å². The lowest BCUT2D eigenvalue weighted by atomic mass is 10.1. The maximum absolute atomic E-state index is 13.8. The van der Waals surface area contributed by atoms with Gasteiger partial charge in [0.25, 0.3) is 5.91 Å². The number of nitrogens with one attached hydrogen (secondary N) is 2. The van der Waals surface area contributed by atoms with Crippen molar-refractivity contribution in [3.05, 3.63) is 53.5 Å². The number of fused-ring (bicyclic) bond motifs is 1. The van der Waals surface area contributed by atoms with Crippen molar-refractivity contribution in [1.82, 2.24) is 25.3 Å². The molecular weight excluding hydrogens is 323 g/mol. The van der Waals surface area contributed by atoms with E-state index in [1.807, 2.05) is 0 Å². The number of carbonyl (C=O) groups is 1. The molecule has 0 aliphatic carbocycles. The first kappa shape index (κ1) is 16.7. The minimum absolute atomic E-state index is 0.171. The van der Waals surface area contributed by atoms with E-state index in [0.29, 0.717) is 41.3 Å². The molecule has 1 aromatic carbocycles. The molecule has 2 N–H and O–H groups in total. The maximum Gasteiger partial charge on any atom is 0.253 e. The number of halogens is 1. The molecule has 2 heterocycles. The fourth-order valence-corrected chi connectivity index (χ4v) is 2.32. The van der Waals surface area contributed by atoms with Gasteiger partial charge in [-0.1, -0.05) is 0 Å². The Morgan fingerprint density at radius 1 is 1.12 bits per heavy atom. The predicted molar refractivity (Wildman–Crippen MR) is 91.8 cm³/mol. The Morgan fingerprint density at radius 3 is 2.68 bits per heavy atom. The summed E-state index contributed by atoms with van der Waals surface area (Å²) >= 11 is 0. The van der Waals surface area contributed by atoms with E-state index in [9.17, 15) is 9.18 Å². The second kappa shape index (κ2) is 7.16. The number of amides is 1. The Morgan fingerprint density at radius 2 is 1.92 bits per heavy atom. The lowest BCUT2D eigenvalue weighted by Gasteiger charge is -2.10. The molecule has 0 bridgehead atoms. The van der Waals surface area contributed by atoms with Crippen LogP contribution in [0.1, 0.15) is 21.7 Å². The van der Waals surface area contributed by atoms with Crippen LogP contribution in [0.3, 0.4) is 0 Å². The van der Waals surface area contributed by atoms with Crippen molar-refractivity contribution < 1.29 is 9.18 Å². The summed E-state index contributed by atoms with van der Waals surface area (Å²) in [6.45, 7) is 4.40. The highest BCUT2D eigenvalue weighted by Gasteiger charge is 2.15. The number of nitrogens with zero attached hydrogens (tertiary/aromatic N) is 4. The van der Waals surface area contributed by atoms with E-state index in [1.54, 1.807) is 32.4 Å². The van der Waals surface area contributed by atoms with E-state index in [1.165, 1.54) is 12.1 Å². The molecule has 3 aromatic rings. The zero-order valence-electron chi connectivity index (χ0n) is 13.9. The SMILES string of the molecule is Cc1nc2cc(F)cc(C(=O)NCCNc3cnccn3)c2nc1C. The zero-order valence-corrected chi connectivity index (χ0v) is 13.9. The zero-order chi connectivity index (χ0) is 17.8. The fraction of sp³-hybridized carbons (Fsp3) is 0.235. The standard InChI is InChI=1S/C17H17FN6O/c1-10-11(2)24-16-13(7-12(18)8-14(16)23-10)17(25)22-6-5-21-15-9-19-3-4-20-15/h3-4,7-9H,5-6H2,1-2H3,(H,20,21)(H,22,25). The van der Waals surface area contributed by atoms with Crippen molar-refractivity contribution in [2.45, 2.75) is 13.8 Å². The Hall–Kier alpha value is -3.16. The molecule has 0 aliphatic rings. The minimum atomic E-state index is -0.520. The third-order valence-electron chi connectivity index (χ3n) is 3.67. The molecule has 8 heteroatoms. The van der Waals surface area contributed by atoms with Gasteiger partial charge < -0.3 is 10.6 Å². The van der Waals surface area contributed by atoms with Gasteiger partial charge in [0.05, 0.1) is 28.7 Å². The van der Waals surface area contributed by atoms with Crippen molar-refractivity contribution in [2.24, 2.45) is 0 Å². The molecule has 0 fully saturated rings. The lowest BCUT2D eigenvalue weighted by Crippen LogP contribution is -2.29. The summed E-state index contributed by atoms with van der Waals surface area (Å²) < 4.78 is 13.8. The van der Waals surface area contributed by atoms with Gasteiger partial charge >= 0.3 is 0 Å². The first-order valence-electron chi connectivity index (χ1n) is 7.77. The average molecular weight is 340 g/mol. The Kier molecular flexibility index (Phi) is 4.78. The average Bonchev–Trinajstić information content (AvgIpc) is 2.60. The van der Waals surface area contributed by atoms with Crippen LogP contribution in [-0.2, 0) is 0 Å². The largest absolute Gasteiger partial charge is 0.367 e. The topological polar surface area (TPSA) is 92.7 Å². The van der Waals surface area contributed by atoms with Crippen molar-refractivity contribution >= 4 is 22.8 Å². The van der Waals surface area contributed by atoms with Crippen LogP contribution >= 0.6 is 0 Å². The van der Waals surface area contributed by atoms with Crippen molar-refractivity contribution in [1.29, 1.82) is 0 Å². The van der Waals surface area contributed by atoms with Crippen LogP contribution in [0.2, 0.25) is 0 Å². The van der Waals surface area contributed by atoms with E-state index in [4.69, 9.17) is 0 Å². The van der Waals surface area contributed by atoms with Gasteiger partial charge in [-0.15, -0.1) is 0 Å². The molecule has 2 aromatic heterocycles. The molecule has 0 unspecified atom stereocenters. The van der Waals surface area contributed by atoms with Gasteiger partial charge in [-0.25, -0.2) is 19.3 Å².